The second kappa shape index (κ2) is 6.53. The van der Waals surface area contributed by atoms with Gasteiger partial charge in [0.1, 0.15) is 0 Å². The van der Waals surface area contributed by atoms with Crippen molar-refractivity contribution >= 4 is 17.6 Å². The Morgan fingerprint density at radius 1 is 1.60 bits per heavy atom. The summed E-state index contributed by atoms with van der Waals surface area (Å²) in [5.41, 5.74) is 1.18. The molecule has 1 N–H and O–H groups in total. The number of halogens is 1. The van der Waals surface area contributed by atoms with Gasteiger partial charge in [0.05, 0.1) is 11.6 Å². The minimum absolute atomic E-state index is 0.779. The van der Waals surface area contributed by atoms with Crippen LogP contribution in [0.15, 0.2) is 17.3 Å². The molecule has 1 aliphatic rings. The highest BCUT2D eigenvalue weighted by atomic mass is 35.5. The Morgan fingerprint density at radius 3 is 2.80 bits per heavy atom. The van der Waals surface area contributed by atoms with E-state index in [-0.39, 0.29) is 0 Å². The highest BCUT2D eigenvalue weighted by Crippen LogP contribution is 2.37. The van der Waals surface area contributed by atoms with Crippen LogP contribution in [0.4, 0.5) is 0 Å². The molecular weight excluding hydrogens is 272 g/mol. The van der Waals surface area contributed by atoms with E-state index in [9.17, 15) is 0 Å². The maximum Gasteiger partial charge on any atom is 0.194 e. The molecule has 2 atom stereocenters. The minimum Gasteiger partial charge on any atom is -0.357 e. The van der Waals surface area contributed by atoms with Gasteiger partial charge in [-0.2, -0.15) is 0 Å². The summed E-state index contributed by atoms with van der Waals surface area (Å²) in [6.45, 7) is 7.01. The first-order chi connectivity index (χ1) is 9.51. The van der Waals surface area contributed by atoms with E-state index in [1.54, 1.807) is 0 Å². The molecule has 1 heterocycles. The van der Waals surface area contributed by atoms with Crippen LogP contribution in [0.1, 0.15) is 26.0 Å². The van der Waals surface area contributed by atoms with E-state index in [0.29, 0.717) is 0 Å². The van der Waals surface area contributed by atoms with Crippen molar-refractivity contribution in [2.75, 3.05) is 20.1 Å². The lowest BCUT2D eigenvalue weighted by molar-refractivity contribution is 0.461. The van der Waals surface area contributed by atoms with E-state index < -0.39 is 0 Å². The van der Waals surface area contributed by atoms with E-state index in [2.05, 4.69) is 35.7 Å². The Labute approximate surface area is 126 Å². The molecule has 1 fully saturated rings. The SMILES string of the molecule is CCNC(=NCC1CC1C)N(C)Cc1cc(Cl)cn1C. The average Bonchev–Trinajstić information content (AvgIpc) is 2.99. The Morgan fingerprint density at radius 2 is 2.30 bits per heavy atom. The van der Waals surface area contributed by atoms with Gasteiger partial charge in [0.25, 0.3) is 0 Å². The summed E-state index contributed by atoms with van der Waals surface area (Å²) in [5.74, 6) is 2.60. The van der Waals surface area contributed by atoms with Gasteiger partial charge >= 0.3 is 0 Å². The highest BCUT2D eigenvalue weighted by molar-refractivity contribution is 6.30. The van der Waals surface area contributed by atoms with Gasteiger partial charge in [-0.25, -0.2) is 0 Å². The third-order valence-corrected chi connectivity index (χ3v) is 4.13. The zero-order valence-electron chi connectivity index (χ0n) is 12.9. The number of aliphatic imine (C=N–C) groups is 1. The predicted octanol–water partition coefficient (Wildman–Crippen LogP) is 2.73. The molecule has 2 rings (SSSR count). The summed E-state index contributed by atoms with van der Waals surface area (Å²) in [4.78, 5) is 6.90. The fraction of sp³-hybridized carbons (Fsp3) is 0.667. The molecule has 20 heavy (non-hydrogen) atoms. The Bertz CT molecular complexity index is 480. The van der Waals surface area contributed by atoms with E-state index in [0.717, 1.165) is 42.5 Å². The lowest BCUT2D eigenvalue weighted by Crippen LogP contribution is -2.39. The molecule has 0 bridgehead atoms. The number of guanidine groups is 1. The van der Waals surface area contributed by atoms with Crippen LogP contribution in [-0.2, 0) is 13.6 Å². The van der Waals surface area contributed by atoms with Crippen molar-refractivity contribution in [1.29, 1.82) is 0 Å². The van der Waals surface area contributed by atoms with Gasteiger partial charge in [0.2, 0.25) is 0 Å². The van der Waals surface area contributed by atoms with Crippen LogP contribution in [0, 0.1) is 11.8 Å². The first-order valence-electron chi connectivity index (χ1n) is 7.31. The zero-order chi connectivity index (χ0) is 14.7. The smallest absolute Gasteiger partial charge is 0.194 e. The van der Waals surface area contributed by atoms with E-state index in [1.807, 2.05) is 19.3 Å². The van der Waals surface area contributed by atoms with Crippen molar-refractivity contribution in [2.24, 2.45) is 23.9 Å². The quantitative estimate of drug-likeness (QED) is 0.669. The molecule has 5 heteroatoms. The largest absolute Gasteiger partial charge is 0.357 e. The first-order valence-corrected chi connectivity index (χ1v) is 7.69. The second-order valence-corrected chi connectivity index (χ2v) is 6.22. The average molecular weight is 297 g/mol. The van der Waals surface area contributed by atoms with Crippen molar-refractivity contribution in [3.63, 3.8) is 0 Å². The first kappa shape index (κ1) is 15.2. The maximum atomic E-state index is 6.03. The van der Waals surface area contributed by atoms with E-state index in [1.165, 1.54) is 12.1 Å². The number of nitrogens with zero attached hydrogens (tertiary/aromatic N) is 3. The number of aromatic nitrogens is 1. The summed E-state index contributed by atoms with van der Waals surface area (Å²) in [6.07, 6.45) is 3.25. The number of nitrogens with one attached hydrogen (secondary N) is 1. The lowest BCUT2D eigenvalue weighted by atomic mass is 10.3. The van der Waals surface area contributed by atoms with Gasteiger partial charge in [0.15, 0.2) is 5.96 Å². The van der Waals surface area contributed by atoms with Crippen molar-refractivity contribution < 1.29 is 0 Å². The lowest BCUT2D eigenvalue weighted by Gasteiger charge is -2.22. The van der Waals surface area contributed by atoms with Crippen LogP contribution in [0.25, 0.3) is 0 Å². The van der Waals surface area contributed by atoms with E-state index in [4.69, 9.17) is 16.6 Å². The molecule has 1 saturated carbocycles. The fourth-order valence-electron chi connectivity index (χ4n) is 2.37. The molecule has 0 aliphatic heterocycles. The molecule has 0 radical (unpaired) electrons. The normalized spacial score (nSPS) is 21.9. The number of hydrogen-bond donors (Lipinski definition) is 1. The van der Waals surface area contributed by atoms with Gasteiger partial charge in [0, 0.05) is 39.1 Å². The van der Waals surface area contributed by atoms with Gasteiger partial charge in [-0.3, -0.25) is 4.99 Å². The Kier molecular flexibility index (Phi) is 4.97. The molecule has 1 aromatic heterocycles. The fourth-order valence-corrected chi connectivity index (χ4v) is 2.64. The van der Waals surface area contributed by atoms with Crippen molar-refractivity contribution in [3.05, 3.63) is 23.0 Å². The van der Waals surface area contributed by atoms with Crippen LogP contribution in [0.2, 0.25) is 5.02 Å². The number of rotatable bonds is 5. The van der Waals surface area contributed by atoms with Gasteiger partial charge < -0.3 is 14.8 Å². The third-order valence-electron chi connectivity index (χ3n) is 3.92. The summed E-state index contributed by atoms with van der Waals surface area (Å²) in [6, 6.07) is 2.00. The molecular formula is C15H25ClN4. The highest BCUT2D eigenvalue weighted by Gasteiger charge is 2.32. The van der Waals surface area contributed by atoms with Crippen molar-refractivity contribution in [1.82, 2.24) is 14.8 Å². The van der Waals surface area contributed by atoms with Crippen LogP contribution in [0.5, 0.6) is 0 Å². The van der Waals surface area contributed by atoms with Gasteiger partial charge in [-0.15, -0.1) is 0 Å². The monoisotopic (exact) mass is 296 g/mol. The number of hydrogen-bond acceptors (Lipinski definition) is 1. The zero-order valence-corrected chi connectivity index (χ0v) is 13.6. The minimum atomic E-state index is 0.779. The molecule has 112 valence electrons. The van der Waals surface area contributed by atoms with Crippen molar-refractivity contribution in [2.45, 2.75) is 26.8 Å². The van der Waals surface area contributed by atoms with Crippen LogP contribution in [-0.4, -0.2) is 35.6 Å². The van der Waals surface area contributed by atoms with Crippen LogP contribution in [0.3, 0.4) is 0 Å². The maximum absolute atomic E-state index is 6.03. The van der Waals surface area contributed by atoms with Gasteiger partial charge in [-0.1, -0.05) is 18.5 Å². The standard InChI is InChI=1S/C15H25ClN4/c1-5-17-15(18-8-12-6-11(12)2)20(4)10-14-7-13(16)9-19(14)3/h7,9,11-12H,5-6,8,10H2,1-4H3,(H,17,18). The van der Waals surface area contributed by atoms with E-state index >= 15 is 0 Å². The summed E-state index contributed by atoms with van der Waals surface area (Å²) < 4.78 is 2.06. The molecule has 0 amide bonds. The molecule has 0 aromatic carbocycles. The summed E-state index contributed by atoms with van der Waals surface area (Å²) in [7, 11) is 4.09. The topological polar surface area (TPSA) is 32.6 Å². The Balaban J connectivity index is 1.98. The van der Waals surface area contributed by atoms with Gasteiger partial charge in [-0.05, 0) is 31.2 Å². The molecule has 4 nitrogen and oxygen atoms in total. The molecule has 0 saturated heterocycles. The molecule has 2 unspecified atom stereocenters. The predicted molar refractivity (Wildman–Crippen MR) is 85.1 cm³/mol. The number of aryl methyl sites for hydroxylation is 1. The Hall–Kier alpha value is -1.16. The third kappa shape index (κ3) is 3.92. The second-order valence-electron chi connectivity index (χ2n) is 5.78. The van der Waals surface area contributed by atoms with Crippen LogP contribution >= 0.6 is 11.6 Å². The molecule has 1 aliphatic carbocycles. The summed E-state index contributed by atoms with van der Waals surface area (Å²) >= 11 is 6.03. The van der Waals surface area contributed by atoms with Crippen molar-refractivity contribution in [3.8, 4) is 0 Å². The van der Waals surface area contributed by atoms with Crippen LogP contribution < -0.4 is 5.32 Å². The summed E-state index contributed by atoms with van der Waals surface area (Å²) in [5, 5.41) is 4.14. The molecule has 0 spiro atoms. The molecule has 1 aromatic rings.